The summed E-state index contributed by atoms with van der Waals surface area (Å²) in [6, 6.07) is 9.29. The van der Waals surface area contributed by atoms with Crippen molar-refractivity contribution in [2.75, 3.05) is 18.9 Å². The Morgan fingerprint density at radius 2 is 1.52 bits per heavy atom. The molecule has 2 rings (SSSR count). The van der Waals surface area contributed by atoms with Crippen LogP contribution in [0.4, 0.5) is 5.69 Å². The van der Waals surface area contributed by atoms with Gasteiger partial charge in [0.15, 0.2) is 0 Å². The highest BCUT2D eigenvalue weighted by atomic mass is 32.2. The van der Waals surface area contributed by atoms with E-state index in [0.29, 0.717) is 11.5 Å². The van der Waals surface area contributed by atoms with Crippen LogP contribution in [-0.2, 0) is 10.0 Å². The number of carboxylic acids is 1. The van der Waals surface area contributed by atoms with Gasteiger partial charge in [-0.1, -0.05) is 12.1 Å². The topological polar surface area (TPSA) is 105 Å². The largest absolute Gasteiger partial charge is 0.545 e. The van der Waals surface area contributed by atoms with Crippen LogP contribution in [0.5, 0.6) is 11.5 Å². The molecule has 122 valence electrons. The van der Waals surface area contributed by atoms with Crippen molar-refractivity contribution in [1.29, 1.82) is 0 Å². The van der Waals surface area contributed by atoms with Gasteiger partial charge >= 0.3 is 0 Å². The van der Waals surface area contributed by atoms with E-state index in [1.807, 2.05) is 0 Å². The maximum atomic E-state index is 12.3. The van der Waals surface area contributed by atoms with E-state index in [9.17, 15) is 18.3 Å². The van der Waals surface area contributed by atoms with Crippen molar-refractivity contribution >= 4 is 21.7 Å². The van der Waals surface area contributed by atoms with Crippen LogP contribution in [0.1, 0.15) is 10.4 Å². The number of carbonyl (C=O) groups is 1. The molecular weight excluding hydrogens is 322 g/mol. The molecule has 7 nitrogen and oxygen atoms in total. The molecule has 0 heterocycles. The average Bonchev–Trinajstić information content (AvgIpc) is 2.54. The molecule has 8 heteroatoms. The molecule has 0 atom stereocenters. The Bertz CT molecular complexity index is 792. The fourth-order valence-corrected chi connectivity index (χ4v) is 2.89. The van der Waals surface area contributed by atoms with E-state index >= 15 is 0 Å². The van der Waals surface area contributed by atoms with Gasteiger partial charge in [-0.3, -0.25) is 4.72 Å². The smallest absolute Gasteiger partial charge is 0.261 e. The number of carboxylic acid groups (broad SMARTS) is 1. The third-order valence-corrected chi connectivity index (χ3v) is 4.40. The third kappa shape index (κ3) is 3.92. The number of rotatable bonds is 6. The molecule has 0 radical (unpaired) electrons. The minimum Gasteiger partial charge on any atom is -0.545 e. The molecular formula is C15H14NO6S-. The number of carbonyl (C=O) groups excluding carboxylic acids is 1. The lowest BCUT2D eigenvalue weighted by Gasteiger charge is -2.12. The summed E-state index contributed by atoms with van der Waals surface area (Å²) in [4.78, 5) is 10.6. The van der Waals surface area contributed by atoms with Crippen LogP contribution in [0.3, 0.4) is 0 Å². The molecule has 0 aromatic heterocycles. The van der Waals surface area contributed by atoms with Crippen LogP contribution in [0.15, 0.2) is 47.4 Å². The number of sulfonamides is 1. The SMILES string of the molecule is COc1cc(NS(=O)(=O)c2ccc(C(=O)[O-])cc2)cc(OC)c1. The van der Waals surface area contributed by atoms with Crippen molar-refractivity contribution < 1.29 is 27.8 Å². The highest BCUT2D eigenvalue weighted by Gasteiger charge is 2.15. The number of benzene rings is 2. The summed E-state index contributed by atoms with van der Waals surface area (Å²) in [6.07, 6.45) is 0. The van der Waals surface area contributed by atoms with Crippen LogP contribution in [0.25, 0.3) is 0 Å². The van der Waals surface area contributed by atoms with Crippen molar-refractivity contribution in [2.24, 2.45) is 0 Å². The Morgan fingerprint density at radius 1 is 1.00 bits per heavy atom. The Kier molecular flexibility index (Phi) is 4.75. The van der Waals surface area contributed by atoms with Crippen molar-refractivity contribution in [1.82, 2.24) is 0 Å². The lowest BCUT2D eigenvalue weighted by Crippen LogP contribution is -2.22. The molecule has 0 amide bonds. The number of hydrogen-bond acceptors (Lipinski definition) is 6. The summed E-state index contributed by atoms with van der Waals surface area (Å²) in [5.74, 6) is -0.525. The second-order valence-electron chi connectivity index (χ2n) is 4.52. The average molecular weight is 336 g/mol. The van der Waals surface area contributed by atoms with Crippen LogP contribution in [-0.4, -0.2) is 28.6 Å². The maximum Gasteiger partial charge on any atom is 0.261 e. The maximum absolute atomic E-state index is 12.3. The number of nitrogens with one attached hydrogen (secondary N) is 1. The van der Waals surface area contributed by atoms with Crippen LogP contribution in [0, 0.1) is 0 Å². The molecule has 1 N–H and O–H groups in total. The van der Waals surface area contributed by atoms with Gasteiger partial charge in [-0.25, -0.2) is 8.42 Å². The van der Waals surface area contributed by atoms with E-state index in [1.54, 1.807) is 6.07 Å². The highest BCUT2D eigenvalue weighted by Crippen LogP contribution is 2.27. The second kappa shape index (κ2) is 6.57. The first-order valence-corrected chi connectivity index (χ1v) is 7.91. The predicted molar refractivity (Wildman–Crippen MR) is 81.1 cm³/mol. The summed E-state index contributed by atoms with van der Waals surface area (Å²) in [5.41, 5.74) is 0.150. The lowest BCUT2D eigenvalue weighted by atomic mass is 10.2. The summed E-state index contributed by atoms with van der Waals surface area (Å²) in [7, 11) is -0.980. The van der Waals surface area contributed by atoms with Gasteiger partial charge in [0.25, 0.3) is 10.0 Å². The summed E-state index contributed by atoms with van der Waals surface area (Å²) < 4.78 is 37.2. The number of hydrogen-bond donors (Lipinski definition) is 1. The van der Waals surface area contributed by atoms with Crippen molar-refractivity contribution in [2.45, 2.75) is 4.90 Å². The molecule has 2 aromatic carbocycles. The lowest BCUT2D eigenvalue weighted by molar-refractivity contribution is -0.255. The van der Waals surface area contributed by atoms with Crippen molar-refractivity contribution in [3.05, 3.63) is 48.0 Å². The summed E-state index contributed by atoms with van der Waals surface area (Å²) in [6.45, 7) is 0. The zero-order chi connectivity index (χ0) is 17.0. The highest BCUT2D eigenvalue weighted by molar-refractivity contribution is 7.92. The van der Waals surface area contributed by atoms with E-state index in [-0.39, 0.29) is 16.1 Å². The second-order valence-corrected chi connectivity index (χ2v) is 6.20. The number of ether oxygens (including phenoxy) is 2. The third-order valence-electron chi connectivity index (χ3n) is 3.00. The molecule has 0 saturated heterocycles. The number of methoxy groups -OCH3 is 2. The molecule has 0 saturated carbocycles. The zero-order valence-electron chi connectivity index (χ0n) is 12.4. The minimum absolute atomic E-state index is 0.0794. The van der Waals surface area contributed by atoms with Gasteiger partial charge in [0.05, 0.1) is 30.8 Å². The van der Waals surface area contributed by atoms with Crippen LogP contribution >= 0.6 is 0 Å². The molecule has 0 bridgehead atoms. The van der Waals surface area contributed by atoms with Crippen LogP contribution in [0.2, 0.25) is 0 Å². The van der Waals surface area contributed by atoms with E-state index < -0.39 is 16.0 Å². The van der Waals surface area contributed by atoms with Gasteiger partial charge in [-0.05, 0) is 17.7 Å². The fraction of sp³-hybridized carbons (Fsp3) is 0.133. The molecule has 2 aromatic rings. The Morgan fingerprint density at radius 3 is 1.96 bits per heavy atom. The van der Waals surface area contributed by atoms with E-state index in [2.05, 4.69) is 4.72 Å². The summed E-state index contributed by atoms with van der Waals surface area (Å²) >= 11 is 0. The fourth-order valence-electron chi connectivity index (χ4n) is 1.85. The Labute approximate surface area is 133 Å². The minimum atomic E-state index is -3.88. The standard InChI is InChI=1S/C15H15NO6S/c1-21-12-7-11(8-13(9-12)22-2)16-23(19,20)14-5-3-10(4-6-14)15(17)18/h3-9,16H,1-2H3,(H,17,18)/p-1. The zero-order valence-corrected chi connectivity index (χ0v) is 13.2. The summed E-state index contributed by atoms with van der Waals surface area (Å²) in [5, 5.41) is 10.7. The quantitative estimate of drug-likeness (QED) is 0.839. The van der Waals surface area contributed by atoms with Crippen molar-refractivity contribution in [3.63, 3.8) is 0 Å². The Hall–Kier alpha value is -2.74. The van der Waals surface area contributed by atoms with Crippen LogP contribution < -0.4 is 19.3 Å². The van der Waals surface area contributed by atoms with Crippen molar-refractivity contribution in [3.8, 4) is 11.5 Å². The molecule has 0 aliphatic carbocycles. The van der Waals surface area contributed by atoms with Gasteiger partial charge in [-0.15, -0.1) is 0 Å². The molecule has 0 aliphatic heterocycles. The van der Waals surface area contributed by atoms with Gasteiger partial charge < -0.3 is 19.4 Å². The van der Waals surface area contributed by atoms with Gasteiger partial charge in [0.2, 0.25) is 0 Å². The van der Waals surface area contributed by atoms with Gasteiger partial charge in [0.1, 0.15) is 11.5 Å². The normalized spacial score (nSPS) is 10.9. The molecule has 23 heavy (non-hydrogen) atoms. The van der Waals surface area contributed by atoms with Gasteiger partial charge in [-0.2, -0.15) is 0 Å². The monoisotopic (exact) mass is 336 g/mol. The first-order valence-electron chi connectivity index (χ1n) is 6.43. The molecule has 0 unspecified atom stereocenters. The first kappa shape index (κ1) is 16.6. The molecule has 0 aliphatic rings. The molecule has 0 fully saturated rings. The first-order chi connectivity index (χ1) is 10.9. The van der Waals surface area contributed by atoms with E-state index in [4.69, 9.17) is 9.47 Å². The number of anilines is 1. The molecule has 0 spiro atoms. The number of aromatic carboxylic acids is 1. The van der Waals surface area contributed by atoms with E-state index in [0.717, 1.165) is 12.1 Å². The Balaban J connectivity index is 2.32. The van der Waals surface area contributed by atoms with E-state index in [1.165, 1.54) is 38.5 Å². The van der Waals surface area contributed by atoms with Gasteiger partial charge in [0, 0.05) is 18.2 Å². The predicted octanol–water partition coefficient (Wildman–Crippen LogP) is 0.868.